The van der Waals surface area contributed by atoms with Crippen molar-refractivity contribution in [2.45, 2.75) is 13.0 Å². The van der Waals surface area contributed by atoms with E-state index in [0.29, 0.717) is 0 Å². The summed E-state index contributed by atoms with van der Waals surface area (Å²) in [6.07, 6.45) is 3.00. The summed E-state index contributed by atoms with van der Waals surface area (Å²) >= 11 is 0. The van der Waals surface area contributed by atoms with E-state index in [-0.39, 0.29) is 0 Å². The highest BCUT2D eigenvalue weighted by Gasteiger charge is 2.17. The molecular weight excluding hydrogens is 116 g/mol. The van der Waals surface area contributed by atoms with Crippen molar-refractivity contribution >= 4 is 0 Å². The van der Waals surface area contributed by atoms with Crippen LogP contribution in [0.4, 0.5) is 0 Å². The molecule has 0 radical (unpaired) electrons. The lowest BCUT2D eigenvalue weighted by Crippen LogP contribution is -2.41. The number of nitrogens with zero attached hydrogens (tertiary/aromatic N) is 1. The number of fused-ring (bicyclic) bond motifs is 1. The molecule has 0 bridgehead atoms. The average Bonchev–Trinajstić information content (AvgIpc) is 2.33. The number of ether oxygens (including phenoxy) is 1. The van der Waals surface area contributed by atoms with E-state index in [1.165, 1.54) is 0 Å². The van der Waals surface area contributed by atoms with Gasteiger partial charge in [-0.15, -0.1) is 0 Å². The lowest BCUT2D eigenvalue weighted by molar-refractivity contribution is -0.760. The van der Waals surface area contributed by atoms with Crippen molar-refractivity contribution < 1.29 is 9.42 Å². The van der Waals surface area contributed by atoms with E-state index in [0.717, 1.165) is 25.5 Å². The summed E-state index contributed by atoms with van der Waals surface area (Å²) < 4.78 is 7.30. The zero-order valence-electron chi connectivity index (χ0n) is 5.13. The minimum Gasteiger partial charge on any atom is -0.443 e. The lowest BCUT2D eigenvalue weighted by Gasteiger charge is -2.04. The third-order valence-corrected chi connectivity index (χ3v) is 1.50. The van der Waals surface area contributed by atoms with Crippen LogP contribution < -0.4 is 9.42 Å². The molecule has 0 atom stereocenters. The monoisotopic (exact) mass is 125 g/mol. The maximum atomic E-state index is 5.30. The zero-order chi connectivity index (χ0) is 6.10. The molecule has 3 nitrogen and oxygen atoms in total. The molecule has 9 heavy (non-hydrogen) atoms. The molecule has 1 aliphatic heterocycles. The zero-order valence-corrected chi connectivity index (χ0v) is 5.13. The first kappa shape index (κ1) is 4.85. The highest BCUT2D eigenvalue weighted by atomic mass is 16.5. The maximum Gasteiger partial charge on any atom is 0.393 e. The molecule has 0 aliphatic carbocycles. The summed E-state index contributed by atoms with van der Waals surface area (Å²) in [4.78, 5) is 0. The standard InChI is InChI=1S/C6H8N2O/c1-4-8-6(9-5-1)2-3-7-8/h2-3H,1,4-5H2/p+1. The Morgan fingerprint density at radius 2 is 2.67 bits per heavy atom. The molecule has 0 saturated carbocycles. The van der Waals surface area contributed by atoms with Gasteiger partial charge in [0.15, 0.2) is 6.54 Å². The molecule has 0 fully saturated rings. The molecule has 1 N–H and O–H groups in total. The minimum atomic E-state index is 0.859. The quantitative estimate of drug-likeness (QED) is 0.489. The number of aryl methyl sites for hydroxylation is 1. The molecule has 48 valence electrons. The predicted molar refractivity (Wildman–Crippen MR) is 31.1 cm³/mol. The lowest BCUT2D eigenvalue weighted by atomic mass is 10.4. The summed E-state index contributed by atoms with van der Waals surface area (Å²) in [5.41, 5.74) is 0. The molecule has 0 amide bonds. The molecule has 0 saturated heterocycles. The van der Waals surface area contributed by atoms with Gasteiger partial charge in [-0.25, -0.2) is 0 Å². The summed E-state index contributed by atoms with van der Waals surface area (Å²) in [5, 5.41) is 3.05. The number of aromatic amines is 1. The van der Waals surface area contributed by atoms with Crippen molar-refractivity contribution in [1.29, 1.82) is 0 Å². The van der Waals surface area contributed by atoms with E-state index in [1.807, 2.05) is 16.9 Å². The minimum absolute atomic E-state index is 0.859. The first-order valence-corrected chi connectivity index (χ1v) is 3.17. The van der Waals surface area contributed by atoms with Gasteiger partial charge >= 0.3 is 5.88 Å². The van der Waals surface area contributed by atoms with Gasteiger partial charge < -0.3 is 4.74 Å². The molecule has 1 aromatic heterocycles. The van der Waals surface area contributed by atoms with Crippen LogP contribution in [-0.2, 0) is 6.54 Å². The number of nitrogens with one attached hydrogen (secondary N) is 1. The Labute approximate surface area is 53.2 Å². The van der Waals surface area contributed by atoms with Crippen LogP contribution in [0.15, 0.2) is 12.3 Å². The van der Waals surface area contributed by atoms with Crippen LogP contribution in [0, 0.1) is 0 Å². The fourth-order valence-corrected chi connectivity index (χ4v) is 1.05. The number of H-pyrrole nitrogens is 1. The normalized spacial score (nSPS) is 16.4. The molecule has 1 aliphatic rings. The molecule has 1 aromatic rings. The number of rotatable bonds is 0. The van der Waals surface area contributed by atoms with Crippen molar-refractivity contribution in [3.8, 4) is 5.88 Å². The van der Waals surface area contributed by atoms with Crippen LogP contribution in [0.25, 0.3) is 0 Å². The molecule has 0 aromatic carbocycles. The van der Waals surface area contributed by atoms with Crippen LogP contribution >= 0.6 is 0 Å². The van der Waals surface area contributed by atoms with Crippen LogP contribution in [0.1, 0.15) is 6.42 Å². The van der Waals surface area contributed by atoms with E-state index in [9.17, 15) is 0 Å². The average molecular weight is 125 g/mol. The van der Waals surface area contributed by atoms with Crippen molar-refractivity contribution in [2.75, 3.05) is 6.61 Å². The molecule has 3 heteroatoms. The van der Waals surface area contributed by atoms with Gasteiger partial charge in [0, 0.05) is 6.42 Å². The number of aromatic nitrogens is 2. The Balaban J connectivity index is 2.39. The molecule has 0 spiro atoms. The van der Waals surface area contributed by atoms with Gasteiger partial charge in [-0.05, 0) is 0 Å². The topological polar surface area (TPSA) is 28.9 Å². The van der Waals surface area contributed by atoms with E-state index in [1.54, 1.807) is 0 Å². The summed E-state index contributed by atoms with van der Waals surface area (Å²) in [7, 11) is 0. The Kier molecular flexibility index (Phi) is 0.946. The largest absolute Gasteiger partial charge is 0.443 e. The Morgan fingerprint density at radius 3 is 3.56 bits per heavy atom. The van der Waals surface area contributed by atoms with E-state index in [4.69, 9.17) is 4.74 Å². The van der Waals surface area contributed by atoms with Gasteiger partial charge in [0.1, 0.15) is 6.61 Å². The second-order valence-corrected chi connectivity index (χ2v) is 2.15. The predicted octanol–water partition coefficient (Wildman–Crippen LogP) is 0.0847. The third kappa shape index (κ3) is 0.686. The summed E-state index contributed by atoms with van der Waals surface area (Å²) in [5.74, 6) is 0.959. The molecule has 0 unspecified atom stereocenters. The Morgan fingerprint density at radius 1 is 1.67 bits per heavy atom. The van der Waals surface area contributed by atoms with Crippen LogP contribution in [0.3, 0.4) is 0 Å². The fourth-order valence-electron chi connectivity index (χ4n) is 1.05. The van der Waals surface area contributed by atoms with Gasteiger partial charge in [0.05, 0.1) is 12.3 Å². The van der Waals surface area contributed by atoms with E-state index in [2.05, 4.69) is 5.10 Å². The van der Waals surface area contributed by atoms with Gasteiger partial charge in [-0.3, -0.25) is 0 Å². The van der Waals surface area contributed by atoms with Gasteiger partial charge in [0.2, 0.25) is 0 Å². The second-order valence-electron chi connectivity index (χ2n) is 2.15. The van der Waals surface area contributed by atoms with Crippen LogP contribution in [0.2, 0.25) is 0 Å². The summed E-state index contributed by atoms with van der Waals surface area (Å²) in [6.45, 7) is 1.92. The van der Waals surface area contributed by atoms with E-state index >= 15 is 0 Å². The first-order valence-electron chi connectivity index (χ1n) is 3.17. The molecule has 2 rings (SSSR count). The van der Waals surface area contributed by atoms with Crippen molar-refractivity contribution in [3.63, 3.8) is 0 Å². The van der Waals surface area contributed by atoms with Gasteiger partial charge in [-0.1, -0.05) is 4.68 Å². The first-order chi connectivity index (χ1) is 4.47. The SMILES string of the molecule is c1cc2[n+]([nH]1)CCCO2. The second kappa shape index (κ2) is 1.76. The van der Waals surface area contributed by atoms with Gasteiger partial charge in [0.25, 0.3) is 0 Å². The van der Waals surface area contributed by atoms with Crippen molar-refractivity contribution in [2.24, 2.45) is 0 Å². The Hall–Kier alpha value is -0.990. The third-order valence-electron chi connectivity index (χ3n) is 1.50. The van der Waals surface area contributed by atoms with Crippen molar-refractivity contribution in [1.82, 2.24) is 5.10 Å². The maximum absolute atomic E-state index is 5.30. The molecular formula is C6H9N2O+. The Bertz CT molecular complexity index is 186. The highest BCUT2D eigenvalue weighted by molar-refractivity contribution is 4.97. The molecule has 2 heterocycles. The number of hydrogen-bond acceptors (Lipinski definition) is 1. The van der Waals surface area contributed by atoms with Gasteiger partial charge in [-0.2, -0.15) is 5.10 Å². The van der Waals surface area contributed by atoms with Crippen LogP contribution in [-0.4, -0.2) is 11.7 Å². The highest BCUT2D eigenvalue weighted by Crippen LogP contribution is 2.05. The van der Waals surface area contributed by atoms with Crippen molar-refractivity contribution in [3.05, 3.63) is 12.3 Å². The smallest absolute Gasteiger partial charge is 0.393 e. The summed E-state index contributed by atoms with van der Waals surface area (Å²) in [6, 6.07) is 1.94. The van der Waals surface area contributed by atoms with E-state index < -0.39 is 0 Å². The number of hydrogen-bond donors (Lipinski definition) is 1. The fraction of sp³-hybridized carbons (Fsp3) is 0.500. The van der Waals surface area contributed by atoms with Crippen LogP contribution in [0.5, 0.6) is 5.88 Å².